The van der Waals surface area contributed by atoms with Crippen molar-refractivity contribution >= 4 is 77.0 Å². The SMILES string of the molecule is NCC(=O)N[C@@H](Cc1cnc[nH]1)C(=O)N[C@@H](CC(=O)O)C(=O)N[C@@H](CC(=O)O)C(=O)NCC(=O)N[C@@H](CCC(N)=O)C(=O)N[C@@H](CCCN=C(N)N)C(=O)N1CCC[C@H]1C(=O)N[C@@H](CO)C(=O)O. The summed E-state index contributed by atoms with van der Waals surface area (Å²) < 4.78 is 0. The van der Waals surface area contributed by atoms with E-state index < -0.39 is 159 Å². The van der Waals surface area contributed by atoms with Crippen molar-refractivity contribution in [2.24, 2.45) is 27.9 Å². The second kappa shape index (κ2) is 28.2. The Hall–Kier alpha value is -7.96. The van der Waals surface area contributed by atoms with Gasteiger partial charge in [0.25, 0.3) is 0 Å². The number of rotatable bonds is 30. The minimum atomic E-state index is -2.01. The van der Waals surface area contributed by atoms with Gasteiger partial charge in [0.1, 0.15) is 42.3 Å². The number of aliphatic imine (C=N–C) groups is 1. The number of primary amides is 1. The van der Waals surface area contributed by atoms with Gasteiger partial charge in [-0.3, -0.25) is 57.7 Å². The second-order valence-electron chi connectivity index (χ2n) is 15.0. The number of amides is 9. The number of imidazole rings is 1. The number of carbonyl (C=O) groups is 12. The van der Waals surface area contributed by atoms with Crippen LogP contribution in [0.15, 0.2) is 17.5 Å². The molecule has 0 aromatic carbocycles. The Bertz CT molecular complexity index is 2030. The molecule has 1 aliphatic rings. The summed E-state index contributed by atoms with van der Waals surface area (Å²) in [6.07, 6.45) is -0.515. The van der Waals surface area contributed by atoms with Crippen molar-refractivity contribution in [3.05, 3.63) is 18.2 Å². The average Bonchev–Trinajstić information content (AvgIpc) is 3.98. The summed E-state index contributed by atoms with van der Waals surface area (Å²) in [7, 11) is 0. The first-order valence-corrected chi connectivity index (χ1v) is 20.7. The van der Waals surface area contributed by atoms with Gasteiger partial charge >= 0.3 is 17.9 Å². The molecule has 1 fully saturated rings. The summed E-state index contributed by atoms with van der Waals surface area (Å²) in [6.45, 7) is -2.53. The highest BCUT2D eigenvalue weighted by Crippen LogP contribution is 2.20. The van der Waals surface area contributed by atoms with Crippen LogP contribution in [0.25, 0.3) is 0 Å². The predicted octanol–water partition coefficient (Wildman–Crippen LogP) is -8.73. The lowest BCUT2D eigenvalue weighted by atomic mass is 10.1. The topological polar surface area (TPSA) is 518 Å². The number of likely N-dealkylation sites (tertiary alicyclic amines) is 1. The Labute approximate surface area is 385 Å². The van der Waals surface area contributed by atoms with Crippen LogP contribution in [-0.4, -0.2) is 187 Å². The number of carboxylic acids is 3. The minimum Gasteiger partial charge on any atom is -0.481 e. The molecule has 31 nitrogen and oxygen atoms in total. The molecule has 20 N–H and O–H groups in total. The van der Waals surface area contributed by atoms with E-state index in [1.54, 1.807) is 0 Å². The highest BCUT2D eigenvalue weighted by molar-refractivity contribution is 5.99. The molecule has 1 aromatic heterocycles. The molecule has 2 heterocycles. The van der Waals surface area contributed by atoms with Crippen molar-refractivity contribution in [1.29, 1.82) is 0 Å². The molecule has 1 aromatic rings. The molecule has 9 amide bonds. The zero-order valence-electron chi connectivity index (χ0n) is 36.4. The van der Waals surface area contributed by atoms with Crippen LogP contribution >= 0.6 is 0 Å². The fourth-order valence-electron chi connectivity index (χ4n) is 6.47. The van der Waals surface area contributed by atoms with Crippen molar-refractivity contribution in [2.75, 3.05) is 32.8 Å². The molecule has 0 radical (unpaired) electrons. The van der Waals surface area contributed by atoms with Gasteiger partial charge in [0.2, 0.25) is 53.2 Å². The molecular formula is C37H57N15O16. The minimum absolute atomic E-state index is 0.00417. The number of nitrogens with zero attached hydrogens (tertiary/aromatic N) is 3. The van der Waals surface area contributed by atoms with Gasteiger partial charge in [-0.1, -0.05) is 0 Å². The van der Waals surface area contributed by atoms with Gasteiger partial charge in [-0.25, -0.2) is 9.78 Å². The maximum absolute atomic E-state index is 13.9. The first-order chi connectivity index (χ1) is 32.1. The predicted molar refractivity (Wildman–Crippen MR) is 228 cm³/mol. The average molecular weight is 968 g/mol. The van der Waals surface area contributed by atoms with Gasteiger partial charge in [-0.05, 0) is 32.1 Å². The third-order valence-electron chi connectivity index (χ3n) is 9.79. The molecule has 2 rings (SSSR count). The number of hydrogen-bond donors (Lipinski definition) is 16. The fourth-order valence-corrected chi connectivity index (χ4v) is 6.47. The first kappa shape index (κ1) is 56.2. The quantitative estimate of drug-likeness (QED) is 0.0193. The van der Waals surface area contributed by atoms with Crippen LogP contribution in [0.3, 0.4) is 0 Å². The number of nitrogens with two attached hydrogens (primary N) is 4. The van der Waals surface area contributed by atoms with E-state index in [0.717, 1.165) is 4.90 Å². The summed E-state index contributed by atoms with van der Waals surface area (Å²) in [5.74, 6) is -14.5. The van der Waals surface area contributed by atoms with Crippen LogP contribution in [0.1, 0.15) is 57.1 Å². The van der Waals surface area contributed by atoms with Crippen molar-refractivity contribution in [3.8, 4) is 0 Å². The Morgan fingerprint density at radius 2 is 1.34 bits per heavy atom. The second-order valence-corrected chi connectivity index (χ2v) is 15.0. The Kier molecular flexibility index (Phi) is 23.3. The lowest BCUT2D eigenvalue weighted by molar-refractivity contribution is -0.145. The molecule has 1 saturated heterocycles. The normalized spacial score (nSPS) is 15.6. The highest BCUT2D eigenvalue weighted by atomic mass is 16.4. The van der Waals surface area contributed by atoms with Gasteiger partial charge in [0.05, 0.1) is 38.9 Å². The van der Waals surface area contributed by atoms with E-state index in [0.29, 0.717) is 12.1 Å². The van der Waals surface area contributed by atoms with Gasteiger partial charge < -0.3 is 90.5 Å². The molecule has 376 valence electrons. The molecule has 0 saturated carbocycles. The van der Waals surface area contributed by atoms with Crippen LogP contribution < -0.4 is 60.2 Å². The van der Waals surface area contributed by atoms with Gasteiger partial charge in [-0.2, -0.15) is 0 Å². The standard InChI is InChI=1S/C37H57N15O16/c38-12-26(55)47-20(9-17-13-42-16-45-17)32(63)50-22(11-29(59)60)33(64)49-21(10-28(57)58)30(61)44-14-27(56)46-18(5-6-25(39)54)31(62)48-19(3-1-7-43-37(40)41)35(66)52-8-2-4-24(52)34(65)51-23(15-53)36(67)68/h13,16,18-24,53H,1-12,14-15,38H2,(H2,39,54)(H,42,45)(H,44,61)(H,46,56)(H,47,55)(H,48,62)(H,49,64)(H,50,63)(H,51,65)(H,57,58)(H,59,60)(H,67,68)(H4,40,41,43)/t18-,19-,20-,21-,22-,23-,24-/m0/s1. The Balaban J connectivity index is 2.26. The number of aliphatic hydroxyl groups excluding tert-OH is 1. The Morgan fingerprint density at radius 1 is 0.750 bits per heavy atom. The lowest BCUT2D eigenvalue weighted by Crippen LogP contribution is -2.59. The third kappa shape index (κ3) is 19.6. The number of guanidine groups is 1. The monoisotopic (exact) mass is 967 g/mol. The molecular weight excluding hydrogens is 910 g/mol. The van der Waals surface area contributed by atoms with Crippen LogP contribution in [0, 0.1) is 0 Å². The molecule has 0 bridgehead atoms. The number of H-pyrrole nitrogens is 1. The zero-order valence-corrected chi connectivity index (χ0v) is 36.4. The molecule has 1 aliphatic heterocycles. The largest absolute Gasteiger partial charge is 0.481 e. The molecule has 68 heavy (non-hydrogen) atoms. The van der Waals surface area contributed by atoms with E-state index in [1.807, 2.05) is 5.32 Å². The van der Waals surface area contributed by atoms with Crippen LogP contribution in [0.2, 0.25) is 0 Å². The van der Waals surface area contributed by atoms with E-state index in [9.17, 15) is 78.0 Å². The number of aromatic nitrogens is 2. The molecule has 0 spiro atoms. The maximum atomic E-state index is 13.9. The number of nitrogens with one attached hydrogen (secondary N) is 8. The summed E-state index contributed by atoms with van der Waals surface area (Å²) >= 11 is 0. The number of carboxylic acid groups (broad SMARTS) is 3. The molecule has 31 heteroatoms. The van der Waals surface area contributed by atoms with Gasteiger partial charge in [0, 0.05) is 37.8 Å². The number of carbonyl (C=O) groups excluding carboxylic acids is 9. The van der Waals surface area contributed by atoms with Gasteiger partial charge in [-0.15, -0.1) is 0 Å². The lowest BCUT2D eigenvalue weighted by Gasteiger charge is -2.30. The number of hydrogen-bond acceptors (Lipinski definition) is 16. The fraction of sp³-hybridized carbons (Fsp3) is 0.568. The van der Waals surface area contributed by atoms with Gasteiger partial charge in [0.15, 0.2) is 5.96 Å². The summed E-state index contributed by atoms with van der Waals surface area (Å²) in [6, 6.07) is -11.3. The maximum Gasteiger partial charge on any atom is 0.328 e. The summed E-state index contributed by atoms with van der Waals surface area (Å²) in [5, 5.41) is 53.0. The first-order valence-electron chi connectivity index (χ1n) is 20.7. The van der Waals surface area contributed by atoms with Crippen molar-refractivity contribution < 1.29 is 78.0 Å². The zero-order chi connectivity index (χ0) is 51.1. The van der Waals surface area contributed by atoms with Crippen molar-refractivity contribution in [3.63, 3.8) is 0 Å². The smallest absolute Gasteiger partial charge is 0.328 e. The number of aliphatic carboxylic acids is 3. The van der Waals surface area contributed by atoms with Crippen LogP contribution in [0.5, 0.6) is 0 Å². The number of aliphatic hydroxyl groups is 1. The molecule has 0 aliphatic carbocycles. The van der Waals surface area contributed by atoms with E-state index in [4.69, 9.17) is 22.9 Å². The highest BCUT2D eigenvalue weighted by Gasteiger charge is 2.40. The summed E-state index contributed by atoms with van der Waals surface area (Å²) in [4.78, 5) is 164. The van der Waals surface area contributed by atoms with E-state index in [1.165, 1.54) is 12.5 Å². The van der Waals surface area contributed by atoms with E-state index >= 15 is 0 Å². The van der Waals surface area contributed by atoms with Crippen molar-refractivity contribution in [2.45, 2.75) is 100 Å². The molecule has 7 atom stereocenters. The van der Waals surface area contributed by atoms with E-state index in [2.05, 4.69) is 46.9 Å². The molecule has 0 unspecified atom stereocenters. The van der Waals surface area contributed by atoms with Crippen LogP contribution in [0.4, 0.5) is 0 Å². The third-order valence-corrected chi connectivity index (χ3v) is 9.79. The number of aromatic amines is 1. The van der Waals surface area contributed by atoms with E-state index in [-0.39, 0.29) is 44.7 Å². The summed E-state index contributed by atoms with van der Waals surface area (Å²) in [5.41, 5.74) is 21.7. The van der Waals surface area contributed by atoms with Crippen molar-refractivity contribution in [1.82, 2.24) is 52.1 Å². The Morgan fingerprint density at radius 3 is 1.88 bits per heavy atom. The van der Waals surface area contributed by atoms with Crippen LogP contribution in [-0.2, 0) is 64.0 Å².